The number of phenolic OH excluding ortho intramolecular Hbond substituents is 3. The van der Waals surface area contributed by atoms with Gasteiger partial charge in [0.2, 0.25) is 0 Å². The molecule has 29 heavy (non-hydrogen) atoms. The first-order valence-corrected chi connectivity index (χ1v) is 9.27. The molecule has 0 saturated heterocycles. The standard InChI is InChI=1S/C15H12N8O4S2/c1-5-10(24)8(18-20-13-7(4-16)6(2)22-28-13)12(26)9(11(5)25)19-21-15-17-14(27-3)23-29-15/h24-26H,1-3H3/b20-18+,21-19+. The van der Waals surface area contributed by atoms with Crippen LogP contribution in [0.15, 0.2) is 20.5 Å². The van der Waals surface area contributed by atoms with Gasteiger partial charge in [-0.1, -0.05) is 0 Å². The summed E-state index contributed by atoms with van der Waals surface area (Å²) in [6.07, 6.45) is 0. The molecule has 1 aromatic carbocycles. The third-order valence-electron chi connectivity index (χ3n) is 3.62. The van der Waals surface area contributed by atoms with Crippen molar-refractivity contribution in [3.63, 3.8) is 0 Å². The van der Waals surface area contributed by atoms with E-state index in [-0.39, 0.29) is 38.6 Å². The summed E-state index contributed by atoms with van der Waals surface area (Å²) in [7, 11) is 1.39. The molecule has 0 aliphatic carbocycles. The number of hydrogen-bond donors (Lipinski definition) is 3. The zero-order valence-electron chi connectivity index (χ0n) is 15.1. The van der Waals surface area contributed by atoms with Gasteiger partial charge in [0.05, 0.1) is 12.8 Å². The molecule has 0 aliphatic rings. The molecule has 0 radical (unpaired) electrons. The molecule has 0 atom stereocenters. The molecular formula is C15H12N8O4S2. The molecule has 0 unspecified atom stereocenters. The van der Waals surface area contributed by atoms with Crippen LogP contribution in [0.25, 0.3) is 0 Å². The van der Waals surface area contributed by atoms with E-state index in [1.54, 1.807) is 6.92 Å². The minimum Gasteiger partial charge on any atom is -0.505 e. The summed E-state index contributed by atoms with van der Waals surface area (Å²) >= 11 is 1.84. The summed E-state index contributed by atoms with van der Waals surface area (Å²) in [5.41, 5.74) is 0.0343. The van der Waals surface area contributed by atoms with E-state index in [0.29, 0.717) is 5.69 Å². The molecule has 148 valence electrons. The van der Waals surface area contributed by atoms with Crippen molar-refractivity contribution in [1.82, 2.24) is 13.7 Å². The number of ether oxygens (including phenoxy) is 1. The van der Waals surface area contributed by atoms with E-state index in [1.165, 1.54) is 14.0 Å². The molecule has 0 saturated carbocycles. The van der Waals surface area contributed by atoms with E-state index in [4.69, 9.17) is 10.00 Å². The number of nitrogens with zero attached hydrogens (tertiary/aromatic N) is 8. The van der Waals surface area contributed by atoms with E-state index in [0.717, 1.165) is 23.1 Å². The van der Waals surface area contributed by atoms with Gasteiger partial charge in [0.15, 0.2) is 33.6 Å². The summed E-state index contributed by atoms with van der Waals surface area (Å²) in [6.45, 7) is 3.04. The van der Waals surface area contributed by atoms with E-state index >= 15 is 0 Å². The van der Waals surface area contributed by atoms with Crippen molar-refractivity contribution in [3.8, 4) is 29.3 Å². The molecular weight excluding hydrogens is 420 g/mol. The molecule has 2 heterocycles. The normalized spacial score (nSPS) is 11.4. The molecule has 12 nitrogen and oxygen atoms in total. The first-order chi connectivity index (χ1) is 13.9. The SMILES string of the molecule is COc1nsc(/N=N/c2c(O)c(C)c(O)c(/N=N/c3snc(C)c3C#N)c2O)n1. The van der Waals surface area contributed by atoms with Gasteiger partial charge in [-0.15, -0.1) is 24.8 Å². The number of rotatable bonds is 5. The Labute approximate surface area is 171 Å². The maximum Gasteiger partial charge on any atom is 0.330 e. The molecule has 0 aliphatic heterocycles. The van der Waals surface area contributed by atoms with Crippen molar-refractivity contribution in [3.05, 3.63) is 16.8 Å². The Hall–Kier alpha value is -3.70. The van der Waals surface area contributed by atoms with E-state index in [9.17, 15) is 15.3 Å². The lowest BCUT2D eigenvalue weighted by molar-refractivity contribution is 0.386. The highest BCUT2D eigenvalue weighted by atomic mass is 32.1. The monoisotopic (exact) mass is 432 g/mol. The van der Waals surface area contributed by atoms with Crippen molar-refractivity contribution in [2.75, 3.05) is 7.11 Å². The van der Waals surface area contributed by atoms with Crippen LogP contribution in [0.5, 0.6) is 23.3 Å². The van der Waals surface area contributed by atoms with Crippen LogP contribution >= 0.6 is 23.1 Å². The predicted octanol–water partition coefficient (Wildman–Crippen LogP) is 4.44. The largest absolute Gasteiger partial charge is 0.505 e. The average Bonchev–Trinajstić information content (AvgIpc) is 3.32. The van der Waals surface area contributed by atoms with Gasteiger partial charge in [-0.25, -0.2) is 0 Å². The second-order valence-electron chi connectivity index (χ2n) is 5.39. The smallest absolute Gasteiger partial charge is 0.330 e. The maximum atomic E-state index is 10.5. The van der Waals surface area contributed by atoms with Gasteiger partial charge < -0.3 is 20.1 Å². The quantitative estimate of drug-likeness (QED) is 0.494. The van der Waals surface area contributed by atoms with Crippen LogP contribution in [0.3, 0.4) is 0 Å². The summed E-state index contributed by atoms with van der Waals surface area (Å²) in [5, 5.41) is 55.7. The van der Waals surface area contributed by atoms with Gasteiger partial charge in [-0.3, -0.25) is 0 Å². The molecule has 0 fully saturated rings. The Morgan fingerprint density at radius 3 is 2.17 bits per heavy atom. The molecule has 3 rings (SSSR count). The topological polar surface area (TPSA) is 182 Å². The lowest BCUT2D eigenvalue weighted by Crippen LogP contribution is -1.82. The zero-order valence-corrected chi connectivity index (χ0v) is 16.8. The Balaban J connectivity index is 2.04. The van der Waals surface area contributed by atoms with Crippen LogP contribution in [-0.2, 0) is 0 Å². The van der Waals surface area contributed by atoms with Gasteiger partial charge in [0, 0.05) is 17.1 Å². The summed E-state index contributed by atoms with van der Waals surface area (Å²) in [4.78, 5) is 3.90. The van der Waals surface area contributed by atoms with Crippen molar-refractivity contribution in [1.29, 1.82) is 5.26 Å². The highest BCUT2D eigenvalue weighted by Gasteiger charge is 2.22. The fraction of sp³-hybridized carbons (Fsp3) is 0.200. The fourth-order valence-electron chi connectivity index (χ4n) is 2.06. The lowest BCUT2D eigenvalue weighted by atomic mass is 10.1. The number of hydrogen-bond acceptors (Lipinski definition) is 14. The van der Waals surface area contributed by atoms with Crippen LogP contribution < -0.4 is 4.74 Å². The van der Waals surface area contributed by atoms with Crippen molar-refractivity contribution in [2.45, 2.75) is 13.8 Å². The van der Waals surface area contributed by atoms with Crippen LogP contribution in [0.4, 0.5) is 21.5 Å². The summed E-state index contributed by atoms with van der Waals surface area (Å²) in [6, 6.07) is 2.06. The number of aryl methyl sites for hydroxylation is 1. The first-order valence-electron chi connectivity index (χ1n) is 7.72. The number of aromatic nitrogens is 3. The van der Waals surface area contributed by atoms with Gasteiger partial charge in [-0.05, 0) is 25.4 Å². The van der Waals surface area contributed by atoms with Crippen molar-refractivity contribution in [2.24, 2.45) is 20.5 Å². The van der Waals surface area contributed by atoms with Crippen LogP contribution in [0, 0.1) is 25.2 Å². The maximum absolute atomic E-state index is 10.5. The third kappa shape index (κ3) is 3.81. The summed E-state index contributed by atoms with van der Waals surface area (Å²) < 4.78 is 12.7. The Kier molecular flexibility index (Phi) is 5.61. The van der Waals surface area contributed by atoms with E-state index < -0.39 is 17.2 Å². The van der Waals surface area contributed by atoms with Crippen molar-refractivity contribution < 1.29 is 20.1 Å². The molecule has 0 bridgehead atoms. The third-order valence-corrected chi connectivity index (χ3v) is 5.03. The van der Waals surface area contributed by atoms with Gasteiger partial charge in [-0.2, -0.15) is 14.6 Å². The average molecular weight is 432 g/mol. The Morgan fingerprint density at radius 1 is 0.931 bits per heavy atom. The zero-order chi connectivity index (χ0) is 21.1. The van der Waals surface area contributed by atoms with Gasteiger partial charge in [0.1, 0.15) is 11.6 Å². The number of nitriles is 1. The van der Waals surface area contributed by atoms with Gasteiger partial charge >= 0.3 is 6.01 Å². The number of azo groups is 2. The highest BCUT2D eigenvalue weighted by Crippen LogP contribution is 2.52. The van der Waals surface area contributed by atoms with Crippen LogP contribution in [0.2, 0.25) is 0 Å². The number of benzene rings is 1. The number of methoxy groups -OCH3 is 1. The van der Waals surface area contributed by atoms with E-state index in [2.05, 4.69) is 34.2 Å². The lowest BCUT2D eigenvalue weighted by Gasteiger charge is -2.09. The predicted molar refractivity (Wildman–Crippen MR) is 103 cm³/mol. The number of phenols is 3. The van der Waals surface area contributed by atoms with E-state index in [1.807, 2.05) is 6.07 Å². The molecule has 3 aromatic rings. The molecule has 0 amide bonds. The van der Waals surface area contributed by atoms with Crippen LogP contribution in [0.1, 0.15) is 16.8 Å². The molecule has 2 aromatic heterocycles. The molecule has 14 heteroatoms. The molecule has 0 spiro atoms. The number of aromatic hydroxyl groups is 3. The minimum atomic E-state index is -0.658. The first kappa shape index (κ1) is 20.0. The molecule has 3 N–H and O–H groups in total. The van der Waals surface area contributed by atoms with Crippen molar-refractivity contribution >= 4 is 44.6 Å². The Morgan fingerprint density at radius 2 is 1.59 bits per heavy atom. The van der Waals surface area contributed by atoms with Gasteiger partial charge in [0.25, 0.3) is 5.13 Å². The second-order valence-corrected chi connectivity index (χ2v) is 6.87. The summed E-state index contributed by atoms with van der Waals surface area (Å²) in [5.74, 6) is -1.65. The second kappa shape index (κ2) is 8.12. The minimum absolute atomic E-state index is 0.00142. The van der Waals surface area contributed by atoms with Crippen LogP contribution in [-0.4, -0.2) is 36.2 Å². The Bertz CT molecular complexity index is 1180. The highest BCUT2D eigenvalue weighted by molar-refractivity contribution is 7.10. The fourth-order valence-corrected chi connectivity index (χ4v) is 3.21.